The van der Waals surface area contributed by atoms with Gasteiger partial charge in [0.15, 0.2) is 0 Å². The van der Waals surface area contributed by atoms with E-state index in [1.54, 1.807) is 26.4 Å². The van der Waals surface area contributed by atoms with E-state index in [9.17, 15) is 18.5 Å². The predicted octanol–water partition coefficient (Wildman–Crippen LogP) is 2.60. The molecular formula is C18H21N3O6S. The number of rotatable bonds is 6. The van der Waals surface area contributed by atoms with Crippen LogP contribution in [0.3, 0.4) is 0 Å². The number of nitro groups is 1. The highest BCUT2D eigenvalue weighted by atomic mass is 32.2. The molecule has 1 heterocycles. The van der Waals surface area contributed by atoms with E-state index in [-0.39, 0.29) is 16.6 Å². The van der Waals surface area contributed by atoms with Gasteiger partial charge in [0.2, 0.25) is 10.0 Å². The lowest BCUT2D eigenvalue weighted by Gasteiger charge is -2.28. The van der Waals surface area contributed by atoms with Crippen molar-refractivity contribution >= 4 is 21.4 Å². The van der Waals surface area contributed by atoms with Gasteiger partial charge in [-0.1, -0.05) is 0 Å². The summed E-state index contributed by atoms with van der Waals surface area (Å²) in [6, 6.07) is 8.98. The Labute approximate surface area is 162 Å². The molecule has 1 aliphatic rings. The number of methoxy groups -OCH3 is 2. The summed E-state index contributed by atoms with van der Waals surface area (Å²) in [5.41, 5.74) is 0.884. The van der Waals surface area contributed by atoms with Crippen molar-refractivity contribution < 1.29 is 22.8 Å². The van der Waals surface area contributed by atoms with E-state index in [0.29, 0.717) is 23.7 Å². The van der Waals surface area contributed by atoms with Crippen LogP contribution >= 0.6 is 0 Å². The number of nitro benzene ring substituents is 1. The predicted molar refractivity (Wildman–Crippen MR) is 103 cm³/mol. The molecule has 1 fully saturated rings. The van der Waals surface area contributed by atoms with Crippen LogP contribution in [0.4, 0.5) is 11.4 Å². The third-order valence-electron chi connectivity index (χ3n) is 4.83. The van der Waals surface area contributed by atoms with E-state index in [1.807, 2.05) is 11.0 Å². The Hall–Kier alpha value is -2.85. The van der Waals surface area contributed by atoms with Crippen LogP contribution in [0.15, 0.2) is 41.3 Å². The van der Waals surface area contributed by atoms with Crippen molar-refractivity contribution in [3.05, 3.63) is 52.1 Å². The molecule has 0 saturated carbocycles. The maximum atomic E-state index is 11.6. The lowest BCUT2D eigenvalue weighted by atomic mass is 10.0. The summed E-state index contributed by atoms with van der Waals surface area (Å²) in [4.78, 5) is 12.6. The zero-order valence-corrected chi connectivity index (χ0v) is 16.3. The molecule has 0 bridgehead atoms. The van der Waals surface area contributed by atoms with Crippen LogP contribution in [0.2, 0.25) is 0 Å². The summed E-state index contributed by atoms with van der Waals surface area (Å²) < 4.78 is 34.0. The van der Waals surface area contributed by atoms with Crippen molar-refractivity contribution in [3.8, 4) is 11.5 Å². The number of nitrogens with two attached hydrogens (primary N) is 1. The Morgan fingerprint density at radius 1 is 1.18 bits per heavy atom. The van der Waals surface area contributed by atoms with Gasteiger partial charge < -0.3 is 14.4 Å². The van der Waals surface area contributed by atoms with Crippen molar-refractivity contribution in [1.29, 1.82) is 0 Å². The number of nitrogens with zero attached hydrogens (tertiary/aromatic N) is 2. The van der Waals surface area contributed by atoms with Gasteiger partial charge >= 0.3 is 0 Å². The molecule has 0 radical (unpaired) electrons. The standard InChI is InChI=1S/C18H21N3O6S/c1-26-12-5-8-18(27-2)14(10-12)15-4-3-9-20(15)16-7-6-13(28(19,24)25)11-17(16)21(22)23/h5-8,10-11,15H,3-4,9H2,1-2H3,(H2,19,24,25)/t15-/m1/s1. The Morgan fingerprint density at radius 2 is 1.93 bits per heavy atom. The van der Waals surface area contributed by atoms with Gasteiger partial charge in [0.05, 0.1) is 30.1 Å². The highest BCUT2D eigenvalue weighted by molar-refractivity contribution is 7.89. The molecule has 1 saturated heterocycles. The molecule has 0 aromatic heterocycles. The van der Waals surface area contributed by atoms with Crippen LogP contribution in [-0.2, 0) is 10.0 Å². The highest BCUT2D eigenvalue weighted by Gasteiger charge is 2.33. The summed E-state index contributed by atoms with van der Waals surface area (Å²) in [6.07, 6.45) is 1.58. The Morgan fingerprint density at radius 3 is 2.54 bits per heavy atom. The first kappa shape index (κ1) is 19.9. The van der Waals surface area contributed by atoms with E-state index >= 15 is 0 Å². The molecule has 9 nitrogen and oxygen atoms in total. The maximum Gasteiger partial charge on any atom is 0.293 e. The third-order valence-corrected chi connectivity index (χ3v) is 5.74. The minimum absolute atomic E-state index is 0.177. The largest absolute Gasteiger partial charge is 0.497 e. The average molecular weight is 407 g/mol. The molecular weight excluding hydrogens is 386 g/mol. The van der Waals surface area contributed by atoms with E-state index < -0.39 is 14.9 Å². The first-order chi connectivity index (χ1) is 13.3. The number of ether oxygens (including phenoxy) is 2. The maximum absolute atomic E-state index is 11.6. The van der Waals surface area contributed by atoms with Gasteiger partial charge in [-0.15, -0.1) is 0 Å². The number of benzene rings is 2. The Kier molecular flexibility index (Phi) is 5.43. The van der Waals surface area contributed by atoms with Gasteiger partial charge in [-0.3, -0.25) is 10.1 Å². The number of hydrogen-bond acceptors (Lipinski definition) is 7. The molecule has 2 N–H and O–H groups in total. The molecule has 28 heavy (non-hydrogen) atoms. The van der Waals surface area contributed by atoms with Crippen LogP contribution in [-0.4, -0.2) is 34.1 Å². The van der Waals surface area contributed by atoms with Crippen LogP contribution in [0.25, 0.3) is 0 Å². The van der Waals surface area contributed by atoms with Crippen molar-refractivity contribution in [2.24, 2.45) is 5.14 Å². The molecule has 2 aromatic carbocycles. The lowest BCUT2D eigenvalue weighted by Crippen LogP contribution is -2.24. The van der Waals surface area contributed by atoms with E-state index in [1.165, 1.54) is 12.1 Å². The van der Waals surface area contributed by atoms with E-state index in [4.69, 9.17) is 14.6 Å². The topological polar surface area (TPSA) is 125 Å². The number of anilines is 1. The molecule has 0 unspecified atom stereocenters. The summed E-state index contributed by atoms with van der Waals surface area (Å²) in [7, 11) is -0.916. The second-order valence-electron chi connectivity index (χ2n) is 6.41. The lowest BCUT2D eigenvalue weighted by molar-refractivity contribution is -0.384. The van der Waals surface area contributed by atoms with Crippen molar-refractivity contribution in [3.63, 3.8) is 0 Å². The SMILES string of the molecule is COc1ccc(OC)c([C@H]2CCCN2c2ccc(S(N)(=O)=O)cc2[N+](=O)[O-])c1. The quantitative estimate of drug-likeness (QED) is 0.576. The van der Waals surface area contributed by atoms with Gasteiger partial charge in [-0.05, 0) is 43.2 Å². The van der Waals surface area contributed by atoms with Gasteiger partial charge in [0.1, 0.15) is 17.2 Å². The third kappa shape index (κ3) is 3.73. The fourth-order valence-corrected chi connectivity index (χ4v) is 4.08. The first-order valence-electron chi connectivity index (χ1n) is 8.56. The first-order valence-corrected chi connectivity index (χ1v) is 10.1. The molecule has 0 amide bonds. The van der Waals surface area contributed by atoms with Crippen molar-refractivity contribution in [2.75, 3.05) is 25.7 Å². The number of hydrogen-bond donors (Lipinski definition) is 1. The van der Waals surface area contributed by atoms with E-state index in [2.05, 4.69) is 0 Å². The number of sulfonamides is 1. The minimum atomic E-state index is -4.04. The fraction of sp³-hybridized carbons (Fsp3) is 0.333. The highest BCUT2D eigenvalue weighted by Crippen LogP contribution is 2.44. The Bertz CT molecular complexity index is 1010. The second kappa shape index (κ2) is 7.64. The Balaban J connectivity index is 2.10. The number of primary sulfonamides is 1. The normalized spacial score (nSPS) is 16.8. The zero-order valence-electron chi connectivity index (χ0n) is 15.5. The smallest absolute Gasteiger partial charge is 0.293 e. The van der Waals surface area contributed by atoms with Crippen molar-refractivity contribution in [2.45, 2.75) is 23.8 Å². The molecule has 3 rings (SSSR count). The zero-order chi connectivity index (χ0) is 20.5. The van der Waals surface area contributed by atoms with Crippen molar-refractivity contribution in [1.82, 2.24) is 0 Å². The minimum Gasteiger partial charge on any atom is -0.497 e. The van der Waals surface area contributed by atoms with Crippen LogP contribution in [0, 0.1) is 10.1 Å². The summed E-state index contributed by atoms with van der Waals surface area (Å²) in [5, 5.41) is 16.7. The molecule has 1 atom stereocenters. The molecule has 0 spiro atoms. The second-order valence-corrected chi connectivity index (χ2v) is 7.97. The van der Waals surface area contributed by atoms with Gasteiger partial charge in [0.25, 0.3) is 5.69 Å². The summed E-state index contributed by atoms with van der Waals surface area (Å²) >= 11 is 0. The molecule has 1 aliphatic heterocycles. The molecule has 150 valence electrons. The van der Waals surface area contributed by atoms with Crippen LogP contribution < -0.4 is 19.5 Å². The van der Waals surface area contributed by atoms with Gasteiger partial charge in [0, 0.05) is 18.2 Å². The molecule has 0 aliphatic carbocycles. The van der Waals surface area contributed by atoms with Gasteiger partial charge in [-0.2, -0.15) is 0 Å². The summed E-state index contributed by atoms with van der Waals surface area (Å²) in [6.45, 7) is 0.584. The molecule has 10 heteroatoms. The van der Waals surface area contributed by atoms with E-state index in [0.717, 1.165) is 24.5 Å². The summed E-state index contributed by atoms with van der Waals surface area (Å²) in [5.74, 6) is 1.31. The molecule has 2 aromatic rings. The monoisotopic (exact) mass is 407 g/mol. The average Bonchev–Trinajstić information content (AvgIpc) is 3.15. The fourth-order valence-electron chi connectivity index (χ4n) is 3.55. The van der Waals surface area contributed by atoms with Crippen LogP contribution in [0.5, 0.6) is 11.5 Å². The van der Waals surface area contributed by atoms with Crippen LogP contribution in [0.1, 0.15) is 24.4 Å². The van der Waals surface area contributed by atoms with Gasteiger partial charge in [-0.25, -0.2) is 13.6 Å².